The standard InChI is InChI=1S/3C14H27NO3.Al/c3*1-2-3-4-5-6-7-8-9-10-11-13(16)15-12-14(17)18;/h3*2-12H2,1H3,(H,15,16)(H,17,18);/q;;;+3/p-3. The number of nitrogens with one attached hydrogen (secondary N) is 3. The van der Waals surface area contributed by atoms with Crippen molar-refractivity contribution in [2.24, 2.45) is 0 Å². The Balaban J connectivity index is -0.000000351. The SMILES string of the molecule is CCCCCCCCCCCC(=O)NCC(=O)[O-].CCCCCCCCCCCC(=O)NCC(=O)[O-].CCCCCCCCCCCC(=O)NCC(=O)[O-].[Al+3]. The van der Waals surface area contributed by atoms with Gasteiger partial charge in [0.1, 0.15) is 0 Å². The van der Waals surface area contributed by atoms with Gasteiger partial charge in [-0.15, -0.1) is 0 Å². The normalized spacial score (nSPS) is 10.1. The Morgan fingerprint density at radius 3 is 0.636 bits per heavy atom. The van der Waals surface area contributed by atoms with E-state index in [9.17, 15) is 44.1 Å². The minimum Gasteiger partial charge on any atom is -0.548 e. The van der Waals surface area contributed by atoms with Crippen molar-refractivity contribution in [3.05, 3.63) is 0 Å². The summed E-state index contributed by atoms with van der Waals surface area (Å²) < 4.78 is 0. The quantitative estimate of drug-likeness (QED) is 0.0579. The molecule has 0 atom stereocenters. The van der Waals surface area contributed by atoms with Gasteiger partial charge in [-0.3, -0.25) is 14.4 Å². The molecule has 0 saturated carbocycles. The van der Waals surface area contributed by atoms with E-state index in [1.807, 2.05) is 0 Å². The van der Waals surface area contributed by atoms with Crippen LogP contribution in [0.25, 0.3) is 0 Å². The van der Waals surface area contributed by atoms with Crippen LogP contribution in [0.1, 0.15) is 213 Å². The molecule has 0 aromatic rings. The Bertz CT molecular complexity index is 809. The predicted octanol–water partition coefficient (Wildman–Crippen LogP) is 4.94. The van der Waals surface area contributed by atoms with Crippen LogP contribution in [0, 0.1) is 0 Å². The van der Waals surface area contributed by atoms with Crippen LogP contribution in [0.4, 0.5) is 0 Å². The molecule has 0 aliphatic heterocycles. The van der Waals surface area contributed by atoms with Gasteiger partial charge in [-0.05, 0) is 19.3 Å². The van der Waals surface area contributed by atoms with Crippen LogP contribution in [0.5, 0.6) is 0 Å². The molecule has 12 nitrogen and oxygen atoms in total. The summed E-state index contributed by atoms with van der Waals surface area (Å²) >= 11 is 0. The van der Waals surface area contributed by atoms with Gasteiger partial charge < -0.3 is 45.7 Å². The first kappa shape index (κ1) is 59.1. The second-order valence-corrected chi connectivity index (χ2v) is 14.2. The molecule has 318 valence electrons. The first-order valence-electron chi connectivity index (χ1n) is 21.4. The molecular weight excluding hydrogens is 717 g/mol. The summed E-state index contributed by atoms with van der Waals surface area (Å²) in [6.07, 6.45) is 33.8. The molecule has 3 amide bonds. The third kappa shape index (κ3) is 60.8. The second kappa shape index (κ2) is 49.4. The fourth-order valence-corrected chi connectivity index (χ4v) is 5.57. The minimum atomic E-state index is -1.24. The van der Waals surface area contributed by atoms with E-state index in [4.69, 9.17) is 0 Å². The zero-order chi connectivity index (χ0) is 40.9. The molecule has 0 aromatic carbocycles. The fraction of sp³-hybridized carbons (Fsp3) is 0.857. The maximum atomic E-state index is 11.2. The van der Waals surface area contributed by atoms with Crippen molar-refractivity contribution in [3.8, 4) is 0 Å². The van der Waals surface area contributed by atoms with Gasteiger partial charge in [0.05, 0.1) is 37.5 Å². The van der Waals surface area contributed by atoms with Crippen molar-refractivity contribution in [1.82, 2.24) is 16.0 Å². The van der Waals surface area contributed by atoms with Crippen molar-refractivity contribution in [2.75, 3.05) is 19.6 Å². The van der Waals surface area contributed by atoms with Crippen LogP contribution in [-0.4, -0.2) is 72.6 Å². The Morgan fingerprint density at radius 1 is 0.309 bits per heavy atom. The largest absolute Gasteiger partial charge is 3.00 e. The van der Waals surface area contributed by atoms with Crippen LogP contribution < -0.4 is 31.3 Å². The molecule has 0 saturated heterocycles. The zero-order valence-electron chi connectivity index (χ0n) is 35.1. The molecule has 0 bridgehead atoms. The molecule has 0 aliphatic carbocycles. The van der Waals surface area contributed by atoms with Gasteiger partial charge >= 0.3 is 17.4 Å². The van der Waals surface area contributed by atoms with E-state index in [0.717, 1.165) is 38.5 Å². The summed E-state index contributed by atoms with van der Waals surface area (Å²) in [6, 6.07) is 0. The Labute approximate surface area is 345 Å². The second-order valence-electron chi connectivity index (χ2n) is 14.2. The smallest absolute Gasteiger partial charge is 0.548 e. The predicted molar refractivity (Wildman–Crippen MR) is 215 cm³/mol. The van der Waals surface area contributed by atoms with Gasteiger partial charge in [0, 0.05) is 19.3 Å². The number of amides is 3. The molecule has 13 heteroatoms. The van der Waals surface area contributed by atoms with E-state index in [0.29, 0.717) is 19.3 Å². The van der Waals surface area contributed by atoms with E-state index < -0.39 is 17.9 Å². The van der Waals surface area contributed by atoms with Crippen molar-refractivity contribution in [3.63, 3.8) is 0 Å². The van der Waals surface area contributed by atoms with E-state index in [1.165, 1.54) is 135 Å². The van der Waals surface area contributed by atoms with Gasteiger partial charge in [-0.2, -0.15) is 0 Å². The van der Waals surface area contributed by atoms with E-state index in [2.05, 4.69) is 36.7 Å². The number of carbonyl (C=O) groups excluding carboxylic acids is 6. The molecular formula is C42H78AlN3O9. The van der Waals surface area contributed by atoms with E-state index in [-0.39, 0.29) is 54.7 Å². The number of carboxylic acids is 3. The summed E-state index contributed by atoms with van der Waals surface area (Å²) in [5.41, 5.74) is 0. The summed E-state index contributed by atoms with van der Waals surface area (Å²) in [6.45, 7) is 5.51. The molecule has 0 aromatic heterocycles. The first-order chi connectivity index (χ1) is 26.0. The van der Waals surface area contributed by atoms with Crippen LogP contribution in [-0.2, 0) is 28.8 Å². The molecule has 0 rings (SSSR count). The molecule has 55 heavy (non-hydrogen) atoms. The van der Waals surface area contributed by atoms with Crippen molar-refractivity contribution >= 4 is 53.0 Å². The summed E-state index contributed by atoms with van der Waals surface area (Å²) in [4.78, 5) is 63.8. The summed E-state index contributed by atoms with van der Waals surface area (Å²) in [7, 11) is 0. The molecule has 0 aliphatic rings. The number of carboxylic acid groups (broad SMARTS) is 3. The molecule has 0 unspecified atom stereocenters. The van der Waals surface area contributed by atoms with E-state index >= 15 is 0 Å². The van der Waals surface area contributed by atoms with Gasteiger partial charge in [-0.1, -0.05) is 175 Å². The van der Waals surface area contributed by atoms with Crippen LogP contribution >= 0.6 is 0 Å². The van der Waals surface area contributed by atoms with Crippen molar-refractivity contribution in [2.45, 2.75) is 213 Å². The van der Waals surface area contributed by atoms with Gasteiger partial charge in [0.15, 0.2) is 0 Å². The van der Waals surface area contributed by atoms with Crippen LogP contribution in [0.15, 0.2) is 0 Å². The number of hydrogen-bond acceptors (Lipinski definition) is 9. The van der Waals surface area contributed by atoms with E-state index in [1.54, 1.807) is 0 Å². The fourth-order valence-electron chi connectivity index (χ4n) is 5.57. The summed E-state index contributed by atoms with van der Waals surface area (Å²) in [5.74, 6) is -4.30. The van der Waals surface area contributed by atoms with Crippen molar-refractivity contribution < 1.29 is 44.1 Å². The number of aliphatic carboxylic acids is 3. The Kier molecular flexibility index (Phi) is 53.0. The number of unbranched alkanes of at least 4 members (excludes halogenated alkanes) is 24. The number of hydrogen-bond donors (Lipinski definition) is 3. The Morgan fingerprint density at radius 2 is 0.473 bits per heavy atom. The van der Waals surface area contributed by atoms with Crippen molar-refractivity contribution in [1.29, 1.82) is 0 Å². The Hall–Kier alpha value is -2.65. The van der Waals surface area contributed by atoms with Gasteiger partial charge in [0.2, 0.25) is 17.7 Å². The maximum absolute atomic E-state index is 11.2. The first-order valence-corrected chi connectivity index (χ1v) is 21.4. The molecule has 3 N–H and O–H groups in total. The number of carbonyl (C=O) groups is 6. The number of rotatable bonds is 36. The topological polar surface area (TPSA) is 208 Å². The monoisotopic (exact) mass is 796 g/mol. The maximum Gasteiger partial charge on any atom is 3.00 e. The zero-order valence-corrected chi connectivity index (χ0v) is 36.2. The molecule has 0 spiro atoms. The van der Waals surface area contributed by atoms with Gasteiger partial charge in [-0.25, -0.2) is 0 Å². The molecule has 0 heterocycles. The minimum absolute atomic E-state index is 0. The van der Waals surface area contributed by atoms with Crippen LogP contribution in [0.2, 0.25) is 0 Å². The average Bonchev–Trinajstić information content (AvgIpc) is 3.14. The summed E-state index contributed by atoms with van der Waals surface area (Å²) in [5, 5.41) is 37.2. The third-order valence-corrected chi connectivity index (χ3v) is 8.81. The van der Waals surface area contributed by atoms with Gasteiger partial charge in [0.25, 0.3) is 0 Å². The third-order valence-electron chi connectivity index (χ3n) is 8.81. The molecule has 0 radical (unpaired) electrons. The average molecular weight is 796 g/mol. The molecule has 0 fully saturated rings. The van der Waals surface area contributed by atoms with Crippen LogP contribution in [0.3, 0.4) is 0 Å².